The summed E-state index contributed by atoms with van der Waals surface area (Å²) in [7, 11) is 1.02. The molecule has 0 saturated carbocycles. The summed E-state index contributed by atoms with van der Waals surface area (Å²) in [5.74, 6) is -3.51. The Bertz CT molecular complexity index is 1270. The van der Waals surface area contributed by atoms with Crippen LogP contribution < -0.4 is 10.6 Å². The molecule has 0 aliphatic heterocycles. The van der Waals surface area contributed by atoms with Crippen LogP contribution in [0.1, 0.15) is 60.7 Å². The van der Waals surface area contributed by atoms with Gasteiger partial charge in [0.2, 0.25) is 12.0 Å². The number of hydrogen-bond acceptors (Lipinski definition) is 7. The first-order valence-corrected chi connectivity index (χ1v) is 11.0. The maximum absolute atomic E-state index is 15.2. The highest BCUT2D eigenvalue weighted by molar-refractivity contribution is 6.03. The monoisotopic (exact) mass is 540 g/mol. The molecule has 0 fully saturated rings. The van der Waals surface area contributed by atoms with E-state index in [0.29, 0.717) is 11.6 Å². The SMILES string of the molecule is CN=C(NC(=O)CC(C)(C)C)O[C@@H]([C@H](F)c1nc(NC(=O)c2ncc(C#N)cc2C)ccc1F)C(F)(F)F. The molecule has 0 aromatic carbocycles. The van der Waals surface area contributed by atoms with Crippen molar-refractivity contribution in [2.75, 3.05) is 12.4 Å². The number of nitrogens with one attached hydrogen (secondary N) is 2. The summed E-state index contributed by atoms with van der Waals surface area (Å²) in [6.45, 7) is 6.63. The quantitative estimate of drug-likeness (QED) is 0.314. The Labute approximate surface area is 215 Å². The molecule has 0 spiro atoms. The van der Waals surface area contributed by atoms with Crippen molar-refractivity contribution in [3.8, 4) is 6.07 Å². The molecular weight excluding hydrogens is 515 g/mol. The van der Waals surface area contributed by atoms with E-state index in [-0.39, 0.29) is 17.7 Å². The number of carbonyl (C=O) groups is 2. The number of nitriles is 1. The Kier molecular flexibility index (Phi) is 9.44. The predicted octanol–water partition coefficient (Wildman–Crippen LogP) is 4.54. The molecule has 9 nitrogen and oxygen atoms in total. The summed E-state index contributed by atoms with van der Waals surface area (Å²) in [6, 6.07) is 3.84. The molecule has 0 saturated heterocycles. The Morgan fingerprint density at radius 2 is 1.89 bits per heavy atom. The van der Waals surface area contributed by atoms with Crippen LogP contribution in [-0.4, -0.2) is 47.1 Å². The van der Waals surface area contributed by atoms with Gasteiger partial charge in [-0.15, -0.1) is 0 Å². The van der Waals surface area contributed by atoms with Gasteiger partial charge in [0.15, 0.2) is 6.17 Å². The van der Waals surface area contributed by atoms with Gasteiger partial charge in [-0.3, -0.25) is 14.9 Å². The van der Waals surface area contributed by atoms with Crippen molar-refractivity contribution in [3.63, 3.8) is 0 Å². The second-order valence-corrected chi connectivity index (χ2v) is 9.32. The van der Waals surface area contributed by atoms with Gasteiger partial charge < -0.3 is 10.1 Å². The van der Waals surface area contributed by atoms with Gasteiger partial charge in [-0.05, 0) is 36.1 Å². The summed E-state index contributed by atoms with van der Waals surface area (Å²) in [6.07, 6.45) is -10.9. The van der Waals surface area contributed by atoms with Crippen LogP contribution in [0.5, 0.6) is 0 Å². The van der Waals surface area contributed by atoms with Gasteiger partial charge in [-0.1, -0.05) is 20.8 Å². The van der Waals surface area contributed by atoms with Crippen molar-refractivity contribution >= 4 is 23.7 Å². The number of amidine groups is 1. The smallest absolute Gasteiger partial charge is 0.428 e. The molecule has 0 unspecified atom stereocenters. The lowest BCUT2D eigenvalue weighted by Crippen LogP contribution is -2.43. The number of carbonyl (C=O) groups excluding carboxylic acids is 2. The van der Waals surface area contributed by atoms with E-state index < -0.39 is 59.0 Å². The van der Waals surface area contributed by atoms with Gasteiger partial charge in [0, 0.05) is 19.7 Å². The maximum Gasteiger partial charge on any atom is 0.428 e. The van der Waals surface area contributed by atoms with Crippen molar-refractivity contribution in [1.82, 2.24) is 15.3 Å². The molecule has 2 rings (SSSR count). The van der Waals surface area contributed by atoms with E-state index in [0.717, 1.165) is 19.3 Å². The molecule has 0 aliphatic carbocycles. The van der Waals surface area contributed by atoms with Crippen LogP contribution in [0.15, 0.2) is 29.4 Å². The number of ether oxygens (including phenoxy) is 1. The highest BCUT2D eigenvalue weighted by Crippen LogP contribution is 2.36. The fourth-order valence-corrected chi connectivity index (χ4v) is 3.11. The number of rotatable bonds is 6. The Morgan fingerprint density at radius 3 is 2.42 bits per heavy atom. The molecule has 0 radical (unpaired) electrons. The maximum atomic E-state index is 15.2. The van der Waals surface area contributed by atoms with Crippen LogP contribution in [0.3, 0.4) is 0 Å². The van der Waals surface area contributed by atoms with Gasteiger partial charge in [-0.25, -0.2) is 23.7 Å². The third kappa shape index (κ3) is 8.19. The zero-order valence-electron chi connectivity index (χ0n) is 21.1. The molecular formula is C24H25F5N6O3. The first-order chi connectivity index (χ1) is 17.6. The average Bonchev–Trinajstić information content (AvgIpc) is 2.80. The van der Waals surface area contributed by atoms with Crippen molar-refractivity contribution < 1.29 is 36.3 Å². The first-order valence-electron chi connectivity index (χ1n) is 11.0. The first kappa shape index (κ1) is 30.1. The molecule has 0 bridgehead atoms. The second-order valence-electron chi connectivity index (χ2n) is 9.32. The van der Waals surface area contributed by atoms with Crippen molar-refractivity contribution in [3.05, 3.63) is 52.7 Å². The van der Waals surface area contributed by atoms with E-state index in [1.807, 2.05) is 11.4 Å². The van der Waals surface area contributed by atoms with Crippen LogP contribution in [0.25, 0.3) is 0 Å². The van der Waals surface area contributed by atoms with E-state index >= 15 is 4.39 Å². The van der Waals surface area contributed by atoms with E-state index in [9.17, 15) is 27.2 Å². The van der Waals surface area contributed by atoms with E-state index in [1.165, 1.54) is 13.0 Å². The zero-order chi connectivity index (χ0) is 28.8. The lowest BCUT2D eigenvalue weighted by Gasteiger charge is -2.26. The van der Waals surface area contributed by atoms with Crippen LogP contribution >= 0.6 is 0 Å². The summed E-state index contributed by atoms with van der Waals surface area (Å²) in [5.41, 5.74) is -1.47. The average molecular weight is 540 g/mol. The minimum Gasteiger partial charge on any atom is -0.448 e. The Morgan fingerprint density at radius 1 is 1.24 bits per heavy atom. The van der Waals surface area contributed by atoms with Gasteiger partial charge >= 0.3 is 6.18 Å². The second kappa shape index (κ2) is 11.9. The van der Waals surface area contributed by atoms with Crippen molar-refractivity contribution in [1.29, 1.82) is 5.26 Å². The van der Waals surface area contributed by atoms with Crippen LogP contribution in [-0.2, 0) is 9.53 Å². The number of pyridine rings is 2. The number of anilines is 1. The molecule has 2 aromatic rings. The third-order valence-corrected chi connectivity index (χ3v) is 4.77. The zero-order valence-corrected chi connectivity index (χ0v) is 21.1. The van der Waals surface area contributed by atoms with Gasteiger partial charge in [0.1, 0.15) is 29.1 Å². The Hall–Kier alpha value is -4.15. The molecule has 0 aliphatic rings. The number of aryl methyl sites for hydroxylation is 1. The normalized spacial score (nSPS) is 13.8. The standard InChI is InChI=1S/C24H25F5N6O3/c1-12-8-13(10-30)11-32-18(12)21(37)34-15-7-6-14(25)19(33-15)17(26)20(24(27,28)29)38-22(31-5)35-16(36)9-23(2,3)4/h6-8,11,17,20H,9H2,1-5H3,(H,31,35,36)(H,33,34,37)/t17-,20+/m1/s1. The van der Waals surface area contributed by atoms with Gasteiger partial charge in [0.05, 0.1) is 5.56 Å². The van der Waals surface area contributed by atoms with Crippen LogP contribution in [0, 0.1) is 29.5 Å². The van der Waals surface area contributed by atoms with Crippen LogP contribution in [0.4, 0.5) is 27.8 Å². The van der Waals surface area contributed by atoms with E-state index in [2.05, 4.69) is 25.0 Å². The van der Waals surface area contributed by atoms with Crippen molar-refractivity contribution in [2.24, 2.45) is 10.4 Å². The molecule has 204 valence electrons. The number of hydrogen-bond donors (Lipinski definition) is 2. The highest BCUT2D eigenvalue weighted by atomic mass is 19.4. The highest BCUT2D eigenvalue weighted by Gasteiger charge is 2.50. The van der Waals surface area contributed by atoms with Crippen LogP contribution in [0.2, 0.25) is 0 Å². The summed E-state index contributed by atoms with van der Waals surface area (Å²) >= 11 is 0. The summed E-state index contributed by atoms with van der Waals surface area (Å²) in [4.78, 5) is 35.4. The molecule has 2 heterocycles. The van der Waals surface area contributed by atoms with E-state index in [1.54, 1.807) is 20.8 Å². The third-order valence-electron chi connectivity index (χ3n) is 4.77. The molecule has 2 N–H and O–H groups in total. The number of aromatic nitrogens is 2. The number of nitrogens with zero attached hydrogens (tertiary/aromatic N) is 4. The predicted molar refractivity (Wildman–Crippen MR) is 126 cm³/mol. The molecule has 2 amide bonds. The van der Waals surface area contributed by atoms with Gasteiger partial charge in [0.25, 0.3) is 11.9 Å². The van der Waals surface area contributed by atoms with E-state index in [4.69, 9.17) is 5.26 Å². The van der Waals surface area contributed by atoms with Crippen molar-refractivity contribution in [2.45, 2.75) is 52.6 Å². The minimum atomic E-state index is -5.37. The fourth-order valence-electron chi connectivity index (χ4n) is 3.11. The number of aliphatic imine (C=N–C) groups is 1. The summed E-state index contributed by atoms with van der Waals surface area (Å²) < 4.78 is 75.5. The largest absolute Gasteiger partial charge is 0.448 e. The number of halogens is 5. The number of amides is 2. The topological polar surface area (TPSA) is 129 Å². The molecule has 2 atom stereocenters. The lowest BCUT2D eigenvalue weighted by atomic mass is 9.92. The fraction of sp³-hybridized carbons (Fsp3) is 0.417. The molecule has 38 heavy (non-hydrogen) atoms. The summed E-state index contributed by atoms with van der Waals surface area (Å²) in [5, 5.41) is 13.1. The Balaban J connectivity index is 2.31. The lowest BCUT2D eigenvalue weighted by molar-refractivity contribution is -0.218. The molecule has 2 aromatic heterocycles. The molecule has 14 heteroatoms. The van der Waals surface area contributed by atoms with Gasteiger partial charge in [-0.2, -0.15) is 18.4 Å². The minimum absolute atomic E-state index is 0.101. The number of alkyl halides is 4.